The zero-order valence-corrected chi connectivity index (χ0v) is 16.1. The first-order valence-corrected chi connectivity index (χ1v) is 9.01. The number of rotatable bonds is 5. The quantitative estimate of drug-likeness (QED) is 0.615. The number of aryl methyl sites for hydroxylation is 1. The molecule has 0 unspecified atom stereocenters. The van der Waals surface area contributed by atoms with Gasteiger partial charge in [-0.1, -0.05) is 33.2 Å². The molecule has 3 rings (SSSR count). The van der Waals surface area contributed by atoms with Gasteiger partial charge in [-0.3, -0.25) is 5.32 Å². The Hall–Kier alpha value is -3.11. The minimum Gasteiger partial charge on any atom is -0.449 e. The number of nitrogens with one attached hydrogen (secondary N) is 1. The van der Waals surface area contributed by atoms with Gasteiger partial charge in [-0.15, -0.1) is 0 Å². The molecule has 0 atom stereocenters. The van der Waals surface area contributed by atoms with Crippen LogP contribution in [-0.4, -0.2) is 17.9 Å². The van der Waals surface area contributed by atoms with Crippen LogP contribution in [0.4, 0.5) is 10.5 Å². The molecule has 136 valence electrons. The lowest BCUT2D eigenvalue weighted by Crippen LogP contribution is -2.16. The minimum atomic E-state index is -0.576. The van der Waals surface area contributed by atoms with Crippen molar-refractivity contribution in [2.24, 2.45) is 0 Å². The monoisotopic (exact) mass is 425 g/mol. The summed E-state index contributed by atoms with van der Waals surface area (Å²) in [5, 5.41) is 15.4. The van der Waals surface area contributed by atoms with Gasteiger partial charge in [0.2, 0.25) is 0 Å². The first kappa shape index (κ1) is 18.7. The van der Waals surface area contributed by atoms with Gasteiger partial charge in [0.05, 0.1) is 18.2 Å². The van der Waals surface area contributed by atoms with Crippen LogP contribution in [0.2, 0.25) is 0 Å². The summed E-state index contributed by atoms with van der Waals surface area (Å²) in [6, 6.07) is 16.7. The van der Waals surface area contributed by atoms with Gasteiger partial charge in [-0.25, -0.2) is 4.79 Å². The number of nitriles is 1. The SMILES string of the molecule is Cc1noc(-c2ccc(Br)cc2)c1NC(=O)OCCc1ccc(C#N)cc1. The van der Waals surface area contributed by atoms with E-state index in [0.717, 1.165) is 15.6 Å². The molecule has 0 spiro atoms. The number of carbonyl (C=O) groups excluding carboxylic acids is 1. The van der Waals surface area contributed by atoms with Crippen LogP contribution in [0.5, 0.6) is 0 Å². The summed E-state index contributed by atoms with van der Waals surface area (Å²) >= 11 is 3.39. The van der Waals surface area contributed by atoms with E-state index >= 15 is 0 Å². The summed E-state index contributed by atoms with van der Waals surface area (Å²) in [4.78, 5) is 12.1. The van der Waals surface area contributed by atoms with Gasteiger partial charge in [0, 0.05) is 16.5 Å². The Kier molecular flexibility index (Phi) is 5.89. The van der Waals surface area contributed by atoms with E-state index in [0.29, 0.717) is 29.1 Å². The van der Waals surface area contributed by atoms with Crippen molar-refractivity contribution < 1.29 is 14.1 Å². The standard InChI is InChI=1S/C20H16BrN3O3/c1-13-18(19(27-24-13)16-6-8-17(21)9-7-16)23-20(25)26-11-10-14-2-4-15(12-22)5-3-14/h2-9H,10-11H2,1H3,(H,23,25). The molecule has 0 fully saturated rings. The van der Waals surface area contributed by atoms with E-state index in [1.54, 1.807) is 19.1 Å². The fraction of sp³-hybridized carbons (Fsp3) is 0.150. The fourth-order valence-corrected chi connectivity index (χ4v) is 2.73. The van der Waals surface area contributed by atoms with Gasteiger partial charge < -0.3 is 9.26 Å². The Labute approximate surface area is 164 Å². The molecule has 0 saturated heterocycles. The Balaban J connectivity index is 1.60. The van der Waals surface area contributed by atoms with Crippen LogP contribution >= 0.6 is 15.9 Å². The molecule has 0 aliphatic heterocycles. The molecule has 1 N–H and O–H groups in total. The molecule has 0 aliphatic rings. The van der Waals surface area contributed by atoms with Crippen molar-refractivity contribution in [3.63, 3.8) is 0 Å². The Morgan fingerprint density at radius 2 is 1.93 bits per heavy atom. The number of ether oxygens (including phenoxy) is 1. The predicted molar refractivity (Wildman–Crippen MR) is 104 cm³/mol. The lowest BCUT2D eigenvalue weighted by Gasteiger charge is -2.08. The van der Waals surface area contributed by atoms with Crippen LogP contribution in [0.25, 0.3) is 11.3 Å². The lowest BCUT2D eigenvalue weighted by molar-refractivity contribution is 0.163. The number of halogens is 1. The third-order valence-electron chi connectivity index (χ3n) is 3.90. The Bertz CT molecular complexity index is 973. The maximum absolute atomic E-state index is 12.1. The first-order valence-electron chi connectivity index (χ1n) is 8.22. The average molecular weight is 426 g/mol. The number of anilines is 1. The molecule has 0 aliphatic carbocycles. The first-order chi connectivity index (χ1) is 13.1. The van der Waals surface area contributed by atoms with Crippen LogP contribution in [0.3, 0.4) is 0 Å². The van der Waals surface area contributed by atoms with E-state index < -0.39 is 6.09 Å². The van der Waals surface area contributed by atoms with E-state index in [9.17, 15) is 4.79 Å². The van der Waals surface area contributed by atoms with E-state index in [1.165, 1.54) is 0 Å². The fourth-order valence-electron chi connectivity index (χ4n) is 2.46. The summed E-state index contributed by atoms with van der Waals surface area (Å²) in [6.07, 6.45) is -0.0188. The summed E-state index contributed by atoms with van der Waals surface area (Å²) < 4.78 is 11.5. The lowest BCUT2D eigenvalue weighted by atomic mass is 10.1. The molecule has 1 aromatic heterocycles. The second kappa shape index (κ2) is 8.52. The zero-order valence-electron chi connectivity index (χ0n) is 14.5. The summed E-state index contributed by atoms with van der Waals surface area (Å²) in [7, 11) is 0. The van der Waals surface area contributed by atoms with Crippen molar-refractivity contribution in [2.75, 3.05) is 11.9 Å². The maximum Gasteiger partial charge on any atom is 0.411 e. The molecule has 2 aromatic carbocycles. The van der Waals surface area contributed by atoms with Crippen molar-refractivity contribution in [3.05, 3.63) is 69.8 Å². The largest absolute Gasteiger partial charge is 0.449 e. The number of aromatic nitrogens is 1. The molecule has 7 heteroatoms. The third kappa shape index (κ3) is 4.74. The summed E-state index contributed by atoms with van der Waals surface area (Å²) in [6.45, 7) is 1.97. The highest BCUT2D eigenvalue weighted by Gasteiger charge is 2.18. The topological polar surface area (TPSA) is 88.2 Å². The van der Waals surface area contributed by atoms with Gasteiger partial charge in [-0.05, 0) is 48.9 Å². The number of hydrogen-bond acceptors (Lipinski definition) is 5. The maximum atomic E-state index is 12.1. The van der Waals surface area contributed by atoms with E-state index in [2.05, 4.69) is 32.5 Å². The highest BCUT2D eigenvalue weighted by atomic mass is 79.9. The van der Waals surface area contributed by atoms with Crippen LogP contribution < -0.4 is 5.32 Å². The second-order valence-electron chi connectivity index (χ2n) is 5.80. The number of amides is 1. The molecule has 1 heterocycles. The van der Waals surface area contributed by atoms with Crippen LogP contribution in [-0.2, 0) is 11.2 Å². The van der Waals surface area contributed by atoms with Crippen molar-refractivity contribution >= 4 is 27.7 Å². The number of carbonyl (C=O) groups is 1. The molecular weight excluding hydrogens is 410 g/mol. The molecule has 0 radical (unpaired) electrons. The van der Waals surface area contributed by atoms with E-state index in [4.69, 9.17) is 14.5 Å². The smallest absolute Gasteiger partial charge is 0.411 e. The number of hydrogen-bond donors (Lipinski definition) is 1. The molecule has 0 bridgehead atoms. The number of nitrogens with zero attached hydrogens (tertiary/aromatic N) is 2. The molecule has 0 saturated carbocycles. The van der Waals surface area contributed by atoms with Crippen molar-refractivity contribution in [1.82, 2.24) is 5.16 Å². The van der Waals surface area contributed by atoms with Gasteiger partial charge >= 0.3 is 6.09 Å². The highest BCUT2D eigenvalue weighted by molar-refractivity contribution is 9.10. The van der Waals surface area contributed by atoms with Crippen molar-refractivity contribution in [1.29, 1.82) is 5.26 Å². The molecule has 1 amide bonds. The molecule has 27 heavy (non-hydrogen) atoms. The number of benzene rings is 2. The average Bonchev–Trinajstić information content (AvgIpc) is 3.03. The summed E-state index contributed by atoms with van der Waals surface area (Å²) in [5.41, 5.74) is 3.43. The Morgan fingerprint density at radius 3 is 2.59 bits per heavy atom. The van der Waals surface area contributed by atoms with Crippen molar-refractivity contribution in [2.45, 2.75) is 13.3 Å². The van der Waals surface area contributed by atoms with E-state index in [-0.39, 0.29) is 6.61 Å². The van der Waals surface area contributed by atoms with Crippen LogP contribution in [0, 0.1) is 18.3 Å². The molecular formula is C20H16BrN3O3. The predicted octanol–water partition coefficient (Wildman–Crippen LogP) is 5.08. The van der Waals surface area contributed by atoms with Crippen LogP contribution in [0.1, 0.15) is 16.8 Å². The minimum absolute atomic E-state index is 0.218. The van der Waals surface area contributed by atoms with Gasteiger partial charge in [0.25, 0.3) is 0 Å². The zero-order chi connectivity index (χ0) is 19.2. The van der Waals surface area contributed by atoms with Gasteiger partial charge in [0.1, 0.15) is 11.4 Å². The van der Waals surface area contributed by atoms with Crippen LogP contribution in [0.15, 0.2) is 57.5 Å². The van der Waals surface area contributed by atoms with E-state index in [1.807, 2.05) is 36.4 Å². The normalized spacial score (nSPS) is 10.3. The highest BCUT2D eigenvalue weighted by Crippen LogP contribution is 2.31. The van der Waals surface area contributed by atoms with Gasteiger partial charge in [0.15, 0.2) is 5.76 Å². The van der Waals surface area contributed by atoms with Gasteiger partial charge in [-0.2, -0.15) is 5.26 Å². The van der Waals surface area contributed by atoms with Crippen molar-refractivity contribution in [3.8, 4) is 17.4 Å². The summed E-state index contributed by atoms with van der Waals surface area (Å²) in [5.74, 6) is 0.476. The third-order valence-corrected chi connectivity index (χ3v) is 4.43. The molecule has 6 nitrogen and oxygen atoms in total. The second-order valence-corrected chi connectivity index (χ2v) is 6.71. The Morgan fingerprint density at radius 1 is 1.22 bits per heavy atom. The molecule has 3 aromatic rings.